The number of amides is 2. The number of ether oxygens (including phenoxy) is 2. The van der Waals surface area contributed by atoms with Gasteiger partial charge in [-0.15, -0.1) is 0 Å². The fourth-order valence-electron chi connectivity index (χ4n) is 3.73. The molecule has 8 nitrogen and oxygen atoms in total. The number of nitrogens with zero attached hydrogens (tertiary/aromatic N) is 1. The molecule has 2 aromatic carbocycles. The largest absolute Gasteiger partial charge is 0.497 e. The number of methoxy groups -OCH3 is 1. The van der Waals surface area contributed by atoms with Crippen molar-refractivity contribution in [1.82, 2.24) is 10.5 Å². The van der Waals surface area contributed by atoms with E-state index >= 15 is 0 Å². The van der Waals surface area contributed by atoms with E-state index in [2.05, 4.69) is 15.8 Å². The Hall–Kier alpha value is -3.36. The average molecular weight is 437 g/mol. The molecular weight excluding hydrogens is 410 g/mol. The fourth-order valence-corrected chi connectivity index (χ4v) is 3.73. The van der Waals surface area contributed by atoms with Gasteiger partial charge in [0.25, 0.3) is 0 Å². The lowest BCUT2D eigenvalue weighted by Gasteiger charge is -2.33. The molecule has 2 amide bonds. The topological polar surface area (TPSA) is 106 Å². The molecule has 1 saturated heterocycles. The third-order valence-electron chi connectivity index (χ3n) is 5.43. The normalized spacial score (nSPS) is 20.5. The first-order valence-corrected chi connectivity index (χ1v) is 10.6. The van der Waals surface area contributed by atoms with E-state index in [9.17, 15) is 9.90 Å². The number of anilines is 1. The van der Waals surface area contributed by atoms with Gasteiger partial charge in [-0.3, -0.25) is 0 Å². The van der Waals surface area contributed by atoms with Crippen molar-refractivity contribution >= 4 is 11.7 Å². The zero-order valence-corrected chi connectivity index (χ0v) is 17.9. The van der Waals surface area contributed by atoms with Crippen LogP contribution in [0.4, 0.5) is 10.5 Å². The predicted molar refractivity (Wildman–Crippen MR) is 120 cm³/mol. The van der Waals surface area contributed by atoms with Crippen LogP contribution >= 0.6 is 0 Å². The maximum atomic E-state index is 12.2. The van der Waals surface area contributed by atoms with Crippen molar-refractivity contribution in [1.29, 1.82) is 0 Å². The number of aliphatic hydroxyl groups excluding tert-OH is 1. The molecule has 32 heavy (non-hydrogen) atoms. The van der Waals surface area contributed by atoms with Gasteiger partial charge in [0, 0.05) is 36.3 Å². The molecule has 0 spiro atoms. The van der Waals surface area contributed by atoms with Crippen molar-refractivity contribution in [3.63, 3.8) is 0 Å². The lowest BCUT2D eigenvalue weighted by Crippen LogP contribution is -2.47. The lowest BCUT2D eigenvalue weighted by molar-refractivity contribution is -0.113. The van der Waals surface area contributed by atoms with Gasteiger partial charge >= 0.3 is 6.03 Å². The summed E-state index contributed by atoms with van der Waals surface area (Å²) in [6, 6.07) is 18.4. The minimum atomic E-state index is -0.638. The molecule has 1 aliphatic heterocycles. The van der Waals surface area contributed by atoms with E-state index in [1.807, 2.05) is 36.4 Å². The molecule has 1 aliphatic rings. The highest BCUT2D eigenvalue weighted by atomic mass is 16.5. The number of hydrogen-bond donors (Lipinski definition) is 3. The van der Waals surface area contributed by atoms with Gasteiger partial charge < -0.3 is 29.7 Å². The molecule has 3 unspecified atom stereocenters. The maximum absolute atomic E-state index is 12.2. The summed E-state index contributed by atoms with van der Waals surface area (Å²) < 4.78 is 16.7. The van der Waals surface area contributed by atoms with Crippen LogP contribution in [0.15, 0.2) is 65.2 Å². The summed E-state index contributed by atoms with van der Waals surface area (Å²) in [7, 11) is 1.57. The van der Waals surface area contributed by atoms with Crippen LogP contribution in [-0.4, -0.2) is 48.3 Å². The molecule has 3 atom stereocenters. The molecule has 1 fully saturated rings. The molecule has 3 aromatic rings. The van der Waals surface area contributed by atoms with Gasteiger partial charge in [0.1, 0.15) is 11.9 Å². The Morgan fingerprint density at radius 2 is 2.00 bits per heavy atom. The van der Waals surface area contributed by atoms with E-state index in [0.29, 0.717) is 36.5 Å². The Morgan fingerprint density at radius 1 is 1.16 bits per heavy atom. The van der Waals surface area contributed by atoms with Gasteiger partial charge in [-0.2, -0.15) is 0 Å². The quantitative estimate of drug-likeness (QED) is 0.521. The number of aromatic nitrogens is 1. The van der Waals surface area contributed by atoms with Gasteiger partial charge in [-0.25, -0.2) is 4.79 Å². The van der Waals surface area contributed by atoms with Gasteiger partial charge in [0.2, 0.25) is 0 Å². The van der Waals surface area contributed by atoms with Crippen molar-refractivity contribution in [2.45, 2.75) is 37.6 Å². The van der Waals surface area contributed by atoms with Crippen LogP contribution in [0.2, 0.25) is 0 Å². The SMILES string of the molecule is COc1cccc(NC(=O)NCC2OC(Cc3cc(-c4ccccc4)on3)CCC2O)c1. The molecule has 0 bridgehead atoms. The summed E-state index contributed by atoms with van der Waals surface area (Å²) in [5.74, 6) is 1.36. The second-order valence-electron chi connectivity index (χ2n) is 7.76. The monoisotopic (exact) mass is 437 g/mol. The van der Waals surface area contributed by atoms with E-state index in [4.69, 9.17) is 14.0 Å². The number of carbonyl (C=O) groups is 1. The molecule has 3 N–H and O–H groups in total. The molecular formula is C24H27N3O5. The van der Waals surface area contributed by atoms with E-state index in [1.165, 1.54) is 0 Å². The van der Waals surface area contributed by atoms with Crippen molar-refractivity contribution in [2.24, 2.45) is 0 Å². The summed E-state index contributed by atoms with van der Waals surface area (Å²) in [6.45, 7) is 0.196. The number of nitrogens with one attached hydrogen (secondary N) is 2. The molecule has 0 aliphatic carbocycles. The molecule has 0 radical (unpaired) electrons. The lowest BCUT2D eigenvalue weighted by atomic mass is 9.98. The number of benzene rings is 2. The Bertz CT molecular complexity index is 1020. The maximum Gasteiger partial charge on any atom is 0.319 e. The van der Waals surface area contributed by atoms with Crippen molar-refractivity contribution in [2.75, 3.05) is 19.0 Å². The van der Waals surface area contributed by atoms with E-state index < -0.39 is 12.2 Å². The van der Waals surface area contributed by atoms with Crippen LogP contribution in [0.25, 0.3) is 11.3 Å². The summed E-state index contributed by atoms with van der Waals surface area (Å²) in [5, 5.41) is 20.0. The predicted octanol–water partition coefficient (Wildman–Crippen LogP) is 3.62. The summed E-state index contributed by atoms with van der Waals surface area (Å²) in [6.07, 6.45) is 0.639. The van der Waals surface area contributed by atoms with Crippen LogP contribution in [0.1, 0.15) is 18.5 Å². The Balaban J connectivity index is 1.28. The number of urea groups is 1. The highest BCUT2D eigenvalue weighted by Crippen LogP contribution is 2.25. The van der Waals surface area contributed by atoms with Crippen LogP contribution in [0.3, 0.4) is 0 Å². The average Bonchev–Trinajstić information content (AvgIpc) is 3.28. The van der Waals surface area contributed by atoms with Crippen molar-refractivity contribution in [3.05, 3.63) is 66.4 Å². The molecule has 2 heterocycles. The van der Waals surface area contributed by atoms with Crippen LogP contribution < -0.4 is 15.4 Å². The van der Waals surface area contributed by atoms with E-state index in [1.54, 1.807) is 31.4 Å². The minimum absolute atomic E-state index is 0.111. The van der Waals surface area contributed by atoms with Crippen LogP contribution in [0.5, 0.6) is 5.75 Å². The first-order valence-electron chi connectivity index (χ1n) is 10.6. The van der Waals surface area contributed by atoms with Gasteiger partial charge in [-0.05, 0) is 25.0 Å². The van der Waals surface area contributed by atoms with Crippen molar-refractivity contribution in [3.8, 4) is 17.1 Å². The summed E-state index contributed by atoms with van der Waals surface area (Å²) in [4.78, 5) is 12.2. The zero-order chi connectivity index (χ0) is 22.3. The highest BCUT2D eigenvalue weighted by Gasteiger charge is 2.31. The van der Waals surface area contributed by atoms with Crippen LogP contribution in [-0.2, 0) is 11.2 Å². The zero-order valence-electron chi connectivity index (χ0n) is 17.9. The first kappa shape index (κ1) is 21.9. The fraction of sp³-hybridized carbons (Fsp3) is 0.333. The molecule has 168 valence electrons. The molecule has 0 saturated carbocycles. The number of rotatable bonds is 7. The first-order chi connectivity index (χ1) is 15.6. The third-order valence-corrected chi connectivity index (χ3v) is 5.43. The molecule has 4 rings (SSSR count). The Morgan fingerprint density at radius 3 is 2.81 bits per heavy atom. The summed E-state index contributed by atoms with van der Waals surface area (Å²) in [5.41, 5.74) is 2.38. The molecule has 1 aromatic heterocycles. The van der Waals surface area contributed by atoms with E-state index in [0.717, 1.165) is 11.3 Å². The second-order valence-corrected chi connectivity index (χ2v) is 7.76. The smallest absolute Gasteiger partial charge is 0.319 e. The third kappa shape index (κ3) is 5.66. The van der Waals surface area contributed by atoms with Crippen molar-refractivity contribution < 1.29 is 23.9 Å². The molecule has 8 heteroatoms. The second kappa shape index (κ2) is 10.3. The van der Waals surface area contributed by atoms with Crippen LogP contribution in [0, 0.1) is 0 Å². The Kier molecular flexibility index (Phi) is 7.03. The number of aliphatic hydroxyl groups is 1. The van der Waals surface area contributed by atoms with Gasteiger partial charge in [-0.1, -0.05) is 41.6 Å². The minimum Gasteiger partial charge on any atom is -0.497 e. The van der Waals surface area contributed by atoms with Gasteiger partial charge in [0.05, 0.1) is 25.0 Å². The highest BCUT2D eigenvalue weighted by molar-refractivity contribution is 5.89. The van der Waals surface area contributed by atoms with E-state index in [-0.39, 0.29) is 18.7 Å². The number of carbonyl (C=O) groups excluding carboxylic acids is 1. The standard InChI is InChI=1S/C24H27N3O5/c1-30-19-9-5-8-17(12-19)26-24(29)25-15-23-21(28)11-10-20(31-23)13-18-14-22(32-27-18)16-6-3-2-4-7-16/h2-9,12,14,20-21,23,28H,10-11,13,15H2,1H3,(H2,25,26,29). The summed E-state index contributed by atoms with van der Waals surface area (Å²) >= 11 is 0. The number of hydrogen-bond acceptors (Lipinski definition) is 6. The Labute approximate surface area is 186 Å². The van der Waals surface area contributed by atoms with Gasteiger partial charge in [0.15, 0.2) is 5.76 Å².